The molecule has 0 atom stereocenters. The molecule has 1 aromatic rings. The van der Waals surface area contributed by atoms with Gasteiger partial charge in [0.05, 0.1) is 18.4 Å². The van der Waals surface area contributed by atoms with Crippen molar-refractivity contribution in [3.05, 3.63) is 35.3 Å². The summed E-state index contributed by atoms with van der Waals surface area (Å²) >= 11 is 0. The van der Waals surface area contributed by atoms with Crippen LogP contribution in [-0.4, -0.2) is 17.5 Å². The number of carbonyl (C=O) groups excluding carboxylic acids is 1. The third-order valence-electron chi connectivity index (χ3n) is 1.85. The minimum atomic E-state index is -0.487. The molecule has 0 aliphatic heterocycles. The van der Waals surface area contributed by atoms with Crippen molar-refractivity contribution in [1.29, 1.82) is 0 Å². The van der Waals surface area contributed by atoms with Crippen LogP contribution in [0.15, 0.2) is 18.5 Å². The quantitative estimate of drug-likeness (QED) is 0.759. The zero-order chi connectivity index (χ0) is 11.3. The van der Waals surface area contributed by atoms with Gasteiger partial charge in [-0.15, -0.1) is 0 Å². The first kappa shape index (κ1) is 11.2. The Morgan fingerprint density at radius 2 is 2.40 bits per heavy atom. The molecule has 15 heavy (non-hydrogen) atoms. The summed E-state index contributed by atoms with van der Waals surface area (Å²) in [4.78, 5) is 15.1. The summed E-state index contributed by atoms with van der Waals surface area (Å²) in [7, 11) is 0. The topological polar surface area (TPSA) is 65.2 Å². The second-order valence-corrected chi connectivity index (χ2v) is 3.04. The highest BCUT2D eigenvalue weighted by atomic mass is 16.5. The normalized spacial score (nSPS) is 10.5. The van der Waals surface area contributed by atoms with Gasteiger partial charge in [-0.3, -0.25) is 9.78 Å². The molecule has 0 saturated carbocycles. The molecule has 80 valence electrons. The molecule has 2 N–H and O–H groups in total. The summed E-state index contributed by atoms with van der Waals surface area (Å²) in [5.74, 6) is -0.487. The number of rotatable bonds is 4. The Kier molecular flexibility index (Phi) is 3.85. The second kappa shape index (κ2) is 5.14. The SMILES string of the molecule is CCO/C=C/c1cc(C)ncc1C(N)=O. The molecule has 0 bridgehead atoms. The van der Waals surface area contributed by atoms with E-state index in [4.69, 9.17) is 10.5 Å². The Balaban J connectivity index is 3.02. The zero-order valence-electron chi connectivity index (χ0n) is 8.86. The van der Waals surface area contributed by atoms with Crippen LogP contribution in [-0.2, 0) is 4.74 Å². The van der Waals surface area contributed by atoms with E-state index in [1.54, 1.807) is 18.4 Å². The Hall–Kier alpha value is -1.84. The number of pyridine rings is 1. The fraction of sp³-hybridized carbons (Fsp3) is 0.273. The zero-order valence-corrected chi connectivity index (χ0v) is 8.86. The fourth-order valence-corrected chi connectivity index (χ4v) is 1.14. The van der Waals surface area contributed by atoms with Gasteiger partial charge in [-0.25, -0.2) is 0 Å². The predicted molar refractivity (Wildman–Crippen MR) is 58.2 cm³/mol. The minimum absolute atomic E-state index is 0.400. The van der Waals surface area contributed by atoms with Crippen LogP contribution in [0.2, 0.25) is 0 Å². The Morgan fingerprint density at radius 3 is 3.00 bits per heavy atom. The molecule has 1 amide bonds. The molecule has 0 unspecified atom stereocenters. The maximum absolute atomic E-state index is 11.1. The van der Waals surface area contributed by atoms with Crippen LogP contribution in [0.1, 0.15) is 28.5 Å². The van der Waals surface area contributed by atoms with E-state index in [-0.39, 0.29) is 0 Å². The van der Waals surface area contributed by atoms with Gasteiger partial charge in [0.15, 0.2) is 0 Å². The highest BCUT2D eigenvalue weighted by Gasteiger charge is 2.06. The van der Waals surface area contributed by atoms with Gasteiger partial charge in [0.1, 0.15) is 0 Å². The summed E-state index contributed by atoms with van der Waals surface area (Å²) in [6.07, 6.45) is 4.72. The van der Waals surface area contributed by atoms with Gasteiger partial charge in [-0.1, -0.05) is 0 Å². The Labute approximate surface area is 88.8 Å². The standard InChI is InChI=1S/C11H14N2O2/c1-3-15-5-4-9-6-8(2)13-7-10(9)11(12)14/h4-7H,3H2,1-2H3,(H2,12,14)/b5-4+. The van der Waals surface area contributed by atoms with Gasteiger partial charge in [-0.2, -0.15) is 0 Å². The highest BCUT2D eigenvalue weighted by Crippen LogP contribution is 2.10. The van der Waals surface area contributed by atoms with E-state index in [2.05, 4.69) is 4.98 Å². The summed E-state index contributed by atoms with van der Waals surface area (Å²) < 4.78 is 5.06. The largest absolute Gasteiger partial charge is 0.501 e. The lowest BCUT2D eigenvalue weighted by molar-refractivity contribution is 0.1000. The molecule has 0 aliphatic rings. The fourth-order valence-electron chi connectivity index (χ4n) is 1.14. The molecule has 0 radical (unpaired) electrons. The van der Waals surface area contributed by atoms with E-state index in [9.17, 15) is 4.79 Å². The lowest BCUT2D eigenvalue weighted by Crippen LogP contribution is -2.13. The van der Waals surface area contributed by atoms with Crippen LogP contribution >= 0.6 is 0 Å². The maximum Gasteiger partial charge on any atom is 0.250 e. The smallest absolute Gasteiger partial charge is 0.250 e. The van der Waals surface area contributed by atoms with E-state index in [1.807, 2.05) is 13.8 Å². The number of nitrogens with zero attached hydrogens (tertiary/aromatic N) is 1. The van der Waals surface area contributed by atoms with Gasteiger partial charge in [0, 0.05) is 11.9 Å². The first-order valence-electron chi connectivity index (χ1n) is 4.69. The first-order valence-corrected chi connectivity index (χ1v) is 4.69. The highest BCUT2D eigenvalue weighted by molar-refractivity contribution is 5.96. The molecule has 0 spiro atoms. The molecule has 0 fully saturated rings. The molecule has 0 saturated heterocycles. The molecule has 4 nitrogen and oxygen atoms in total. The van der Waals surface area contributed by atoms with Crippen LogP contribution in [0.3, 0.4) is 0 Å². The van der Waals surface area contributed by atoms with Gasteiger partial charge in [0.25, 0.3) is 5.91 Å². The molecule has 1 heterocycles. The Bertz CT molecular complexity index is 386. The van der Waals surface area contributed by atoms with Crippen molar-refractivity contribution in [3.8, 4) is 0 Å². The van der Waals surface area contributed by atoms with Crippen LogP contribution in [0, 0.1) is 6.92 Å². The van der Waals surface area contributed by atoms with E-state index in [1.165, 1.54) is 6.20 Å². The van der Waals surface area contributed by atoms with E-state index >= 15 is 0 Å². The van der Waals surface area contributed by atoms with Crippen LogP contribution in [0.25, 0.3) is 6.08 Å². The number of primary amides is 1. The predicted octanol–water partition coefficient (Wildman–Crippen LogP) is 1.50. The van der Waals surface area contributed by atoms with E-state index in [0.29, 0.717) is 12.2 Å². The van der Waals surface area contributed by atoms with Gasteiger partial charge >= 0.3 is 0 Å². The number of aromatic nitrogens is 1. The summed E-state index contributed by atoms with van der Waals surface area (Å²) in [6, 6.07) is 1.79. The van der Waals surface area contributed by atoms with E-state index in [0.717, 1.165) is 11.3 Å². The molecular weight excluding hydrogens is 192 g/mol. The lowest BCUT2D eigenvalue weighted by atomic mass is 10.1. The first-order chi connectivity index (χ1) is 7.15. The molecule has 4 heteroatoms. The lowest BCUT2D eigenvalue weighted by Gasteiger charge is -2.02. The summed E-state index contributed by atoms with van der Waals surface area (Å²) in [5.41, 5.74) is 7.17. The van der Waals surface area contributed by atoms with Gasteiger partial charge in [0.2, 0.25) is 0 Å². The summed E-state index contributed by atoms with van der Waals surface area (Å²) in [6.45, 7) is 4.33. The maximum atomic E-state index is 11.1. The van der Waals surface area contributed by atoms with Gasteiger partial charge < -0.3 is 10.5 Å². The minimum Gasteiger partial charge on any atom is -0.501 e. The van der Waals surface area contributed by atoms with Crippen molar-refractivity contribution in [3.63, 3.8) is 0 Å². The van der Waals surface area contributed by atoms with Gasteiger partial charge in [-0.05, 0) is 31.6 Å². The monoisotopic (exact) mass is 206 g/mol. The van der Waals surface area contributed by atoms with Crippen molar-refractivity contribution in [1.82, 2.24) is 4.98 Å². The number of carbonyl (C=O) groups is 1. The van der Waals surface area contributed by atoms with Crippen LogP contribution < -0.4 is 5.73 Å². The average molecular weight is 206 g/mol. The third-order valence-corrected chi connectivity index (χ3v) is 1.85. The number of hydrogen-bond donors (Lipinski definition) is 1. The van der Waals surface area contributed by atoms with Crippen molar-refractivity contribution < 1.29 is 9.53 Å². The third kappa shape index (κ3) is 3.09. The van der Waals surface area contributed by atoms with Crippen LogP contribution in [0.5, 0.6) is 0 Å². The number of amides is 1. The van der Waals surface area contributed by atoms with E-state index < -0.39 is 5.91 Å². The Morgan fingerprint density at radius 1 is 1.67 bits per heavy atom. The molecule has 0 aromatic carbocycles. The molecule has 1 aromatic heterocycles. The van der Waals surface area contributed by atoms with Crippen LogP contribution in [0.4, 0.5) is 0 Å². The van der Waals surface area contributed by atoms with Crippen molar-refractivity contribution >= 4 is 12.0 Å². The van der Waals surface area contributed by atoms with Crippen molar-refractivity contribution in [2.75, 3.05) is 6.61 Å². The molecule has 0 aliphatic carbocycles. The average Bonchev–Trinajstić information content (AvgIpc) is 2.18. The molecule has 1 rings (SSSR count). The second-order valence-electron chi connectivity index (χ2n) is 3.04. The number of hydrogen-bond acceptors (Lipinski definition) is 3. The number of aryl methyl sites for hydroxylation is 1. The number of ether oxygens (including phenoxy) is 1. The molecular formula is C11H14N2O2. The van der Waals surface area contributed by atoms with Crippen molar-refractivity contribution in [2.45, 2.75) is 13.8 Å². The number of nitrogens with two attached hydrogens (primary N) is 1. The summed E-state index contributed by atoms with van der Waals surface area (Å²) in [5, 5.41) is 0. The van der Waals surface area contributed by atoms with Crippen molar-refractivity contribution in [2.24, 2.45) is 5.73 Å².